The summed E-state index contributed by atoms with van der Waals surface area (Å²) in [6.07, 6.45) is 0. The average molecular weight is 388 g/mol. The van der Waals surface area contributed by atoms with Crippen LogP contribution >= 0.6 is 0 Å². The molecule has 0 aliphatic carbocycles. The van der Waals surface area contributed by atoms with Crippen molar-refractivity contribution < 1.29 is 17.6 Å². The number of carbonyl (C=O) groups is 1. The molecule has 2 aliphatic rings. The van der Waals surface area contributed by atoms with Gasteiger partial charge in [0.25, 0.3) is 0 Å². The van der Waals surface area contributed by atoms with Gasteiger partial charge in [0.2, 0.25) is 0 Å². The Morgan fingerprint density at radius 2 is 1.59 bits per heavy atom. The highest BCUT2D eigenvalue weighted by molar-refractivity contribution is 7.91. The highest BCUT2D eigenvalue weighted by Gasteiger charge is 2.53. The lowest BCUT2D eigenvalue weighted by Gasteiger charge is -2.23. The Morgan fingerprint density at radius 3 is 2.22 bits per heavy atom. The molecular weight excluding hydrogens is 367 g/mol. The van der Waals surface area contributed by atoms with Crippen LogP contribution in [0.1, 0.15) is 16.7 Å². The molecule has 0 aromatic heterocycles. The van der Waals surface area contributed by atoms with Gasteiger partial charge in [-0.3, -0.25) is 4.90 Å². The topological polar surface area (TPSA) is 57.7 Å². The second kappa shape index (κ2) is 6.34. The molecule has 2 aliphatic heterocycles. The third kappa shape index (κ3) is 3.32. The van der Waals surface area contributed by atoms with E-state index in [1.807, 2.05) is 32.0 Å². The molecular formula is C20H21FN2O3S. The van der Waals surface area contributed by atoms with Gasteiger partial charge in [-0.1, -0.05) is 18.2 Å². The average Bonchev–Trinajstić information content (AvgIpc) is 2.99. The Labute approximate surface area is 158 Å². The molecule has 0 unspecified atom stereocenters. The van der Waals surface area contributed by atoms with Crippen molar-refractivity contribution in [2.75, 3.05) is 16.4 Å². The zero-order chi connectivity index (χ0) is 19.3. The van der Waals surface area contributed by atoms with Crippen molar-refractivity contribution in [3.05, 3.63) is 65.0 Å². The van der Waals surface area contributed by atoms with Crippen molar-refractivity contribution in [1.82, 2.24) is 4.90 Å². The molecule has 0 spiro atoms. The minimum Gasteiger partial charge on any atom is -0.314 e. The van der Waals surface area contributed by atoms with Crippen LogP contribution in [0.4, 0.5) is 14.9 Å². The lowest BCUT2D eigenvalue weighted by atomic mass is 10.1. The quantitative estimate of drug-likeness (QED) is 0.760. The van der Waals surface area contributed by atoms with Crippen molar-refractivity contribution in [2.45, 2.75) is 32.5 Å². The Morgan fingerprint density at radius 1 is 1.00 bits per heavy atom. The summed E-state index contributed by atoms with van der Waals surface area (Å²) in [4.78, 5) is 16.4. The smallest absolute Gasteiger partial charge is 0.314 e. The molecule has 2 aromatic rings. The predicted octanol–water partition coefficient (Wildman–Crippen LogP) is 3.05. The van der Waals surface area contributed by atoms with E-state index in [2.05, 4.69) is 0 Å². The molecule has 5 nitrogen and oxygen atoms in total. The monoisotopic (exact) mass is 388 g/mol. The maximum absolute atomic E-state index is 13.2. The number of urea groups is 1. The van der Waals surface area contributed by atoms with E-state index in [4.69, 9.17) is 0 Å². The van der Waals surface area contributed by atoms with Crippen LogP contribution in [0, 0.1) is 19.7 Å². The van der Waals surface area contributed by atoms with Gasteiger partial charge in [0.1, 0.15) is 5.82 Å². The summed E-state index contributed by atoms with van der Waals surface area (Å²) >= 11 is 0. The standard InChI is InChI=1S/C20H21FN2O3S/c1-13-7-14(2)9-17(8-13)23-19-12-27(25,26)11-18(19)22(20(23)24)10-15-3-5-16(21)6-4-15/h3-9,18-19H,10-12H2,1-2H3/t18-,19+/m1/s1. The van der Waals surface area contributed by atoms with Crippen LogP contribution in [0.15, 0.2) is 42.5 Å². The lowest BCUT2D eigenvalue weighted by Crippen LogP contribution is -2.37. The van der Waals surface area contributed by atoms with Crippen molar-refractivity contribution in [2.24, 2.45) is 0 Å². The maximum Gasteiger partial charge on any atom is 0.325 e. The zero-order valence-electron chi connectivity index (χ0n) is 15.2. The molecule has 4 rings (SSSR count). The van der Waals surface area contributed by atoms with Crippen LogP contribution in [0.25, 0.3) is 0 Å². The molecule has 2 heterocycles. The normalized spacial score (nSPS) is 23.7. The number of amides is 2. The number of sulfone groups is 1. The maximum atomic E-state index is 13.2. The molecule has 2 atom stereocenters. The summed E-state index contributed by atoms with van der Waals surface area (Å²) in [6.45, 7) is 4.17. The van der Waals surface area contributed by atoms with Gasteiger partial charge >= 0.3 is 6.03 Å². The number of hydrogen-bond acceptors (Lipinski definition) is 3. The van der Waals surface area contributed by atoms with Crippen LogP contribution in [-0.4, -0.2) is 42.9 Å². The summed E-state index contributed by atoms with van der Waals surface area (Å²) in [5.41, 5.74) is 3.54. The number of anilines is 1. The van der Waals surface area contributed by atoms with E-state index < -0.39 is 21.9 Å². The summed E-state index contributed by atoms with van der Waals surface area (Å²) in [5.74, 6) is -0.410. The minimum atomic E-state index is -3.22. The Hall–Kier alpha value is -2.41. The van der Waals surface area contributed by atoms with E-state index in [1.165, 1.54) is 12.1 Å². The molecule has 27 heavy (non-hydrogen) atoms. The van der Waals surface area contributed by atoms with Crippen molar-refractivity contribution in [3.8, 4) is 0 Å². The first-order valence-corrected chi connectivity index (χ1v) is 10.7. The molecule has 0 bridgehead atoms. The molecule has 0 N–H and O–H groups in total. The predicted molar refractivity (Wildman–Crippen MR) is 102 cm³/mol. The van der Waals surface area contributed by atoms with E-state index in [-0.39, 0.29) is 29.9 Å². The number of hydrogen-bond donors (Lipinski definition) is 0. The lowest BCUT2D eigenvalue weighted by molar-refractivity contribution is 0.206. The molecule has 2 aromatic carbocycles. The first-order valence-electron chi connectivity index (χ1n) is 8.86. The van der Waals surface area contributed by atoms with Crippen LogP contribution in [-0.2, 0) is 16.4 Å². The SMILES string of the molecule is Cc1cc(C)cc(N2C(=O)N(Cc3ccc(F)cc3)[C@@H]3CS(=O)(=O)C[C@@H]32)c1. The molecule has 142 valence electrons. The molecule has 7 heteroatoms. The van der Waals surface area contributed by atoms with Gasteiger partial charge in [0.15, 0.2) is 9.84 Å². The van der Waals surface area contributed by atoms with E-state index in [0.717, 1.165) is 22.4 Å². The number of halogens is 1. The summed E-state index contributed by atoms with van der Waals surface area (Å²) in [6, 6.07) is 10.8. The van der Waals surface area contributed by atoms with E-state index in [1.54, 1.807) is 21.9 Å². The first kappa shape index (κ1) is 18.0. The minimum absolute atomic E-state index is 0.0314. The van der Waals surface area contributed by atoms with Gasteiger partial charge in [0, 0.05) is 12.2 Å². The largest absolute Gasteiger partial charge is 0.325 e. The van der Waals surface area contributed by atoms with Crippen LogP contribution in [0.5, 0.6) is 0 Å². The first-order chi connectivity index (χ1) is 12.7. The second-order valence-electron chi connectivity index (χ2n) is 7.46. The Balaban J connectivity index is 1.72. The molecule has 0 saturated carbocycles. The number of benzene rings is 2. The van der Waals surface area contributed by atoms with Gasteiger partial charge in [-0.05, 0) is 54.8 Å². The van der Waals surface area contributed by atoms with Gasteiger partial charge < -0.3 is 4.90 Å². The number of aryl methyl sites for hydroxylation is 2. The second-order valence-corrected chi connectivity index (χ2v) is 9.62. The van der Waals surface area contributed by atoms with Gasteiger partial charge in [0.05, 0.1) is 23.6 Å². The fourth-order valence-electron chi connectivity index (χ4n) is 4.14. The summed E-state index contributed by atoms with van der Waals surface area (Å²) < 4.78 is 37.8. The van der Waals surface area contributed by atoms with Crippen molar-refractivity contribution in [1.29, 1.82) is 0 Å². The fraction of sp³-hybridized carbons (Fsp3) is 0.350. The fourth-order valence-corrected chi connectivity index (χ4v) is 6.09. The number of rotatable bonds is 3. The van der Waals surface area contributed by atoms with Crippen molar-refractivity contribution in [3.63, 3.8) is 0 Å². The molecule has 2 amide bonds. The molecule has 2 saturated heterocycles. The summed E-state index contributed by atoms with van der Waals surface area (Å²) in [7, 11) is -3.22. The van der Waals surface area contributed by atoms with Gasteiger partial charge in [-0.2, -0.15) is 0 Å². The molecule has 2 fully saturated rings. The van der Waals surface area contributed by atoms with Crippen molar-refractivity contribution >= 4 is 21.6 Å². The number of fused-ring (bicyclic) bond motifs is 1. The summed E-state index contributed by atoms with van der Waals surface area (Å²) in [5, 5.41) is 0. The van der Waals surface area contributed by atoms with Crippen LogP contribution < -0.4 is 4.90 Å². The third-order valence-corrected chi connectivity index (χ3v) is 6.93. The zero-order valence-corrected chi connectivity index (χ0v) is 16.0. The van der Waals surface area contributed by atoms with E-state index in [9.17, 15) is 17.6 Å². The number of carbonyl (C=O) groups excluding carboxylic acids is 1. The van der Waals surface area contributed by atoms with E-state index in [0.29, 0.717) is 0 Å². The Kier molecular flexibility index (Phi) is 4.22. The number of nitrogens with zero attached hydrogens (tertiary/aromatic N) is 2. The van der Waals surface area contributed by atoms with Gasteiger partial charge in [-0.15, -0.1) is 0 Å². The highest BCUT2D eigenvalue weighted by Crippen LogP contribution is 2.36. The molecule has 0 radical (unpaired) electrons. The Bertz CT molecular complexity index is 984. The van der Waals surface area contributed by atoms with Gasteiger partial charge in [-0.25, -0.2) is 17.6 Å². The highest BCUT2D eigenvalue weighted by atomic mass is 32.2. The van der Waals surface area contributed by atoms with Crippen LogP contribution in [0.3, 0.4) is 0 Å². The van der Waals surface area contributed by atoms with E-state index >= 15 is 0 Å². The third-order valence-electron chi connectivity index (χ3n) is 5.23. The van der Waals surface area contributed by atoms with Crippen LogP contribution in [0.2, 0.25) is 0 Å².